The largest absolute Gasteiger partial charge is 0.456 e. The summed E-state index contributed by atoms with van der Waals surface area (Å²) in [7, 11) is 0. The first-order valence-corrected chi connectivity index (χ1v) is 8.33. The predicted molar refractivity (Wildman–Crippen MR) is 94.7 cm³/mol. The molecule has 0 atom stereocenters. The molecule has 0 bridgehead atoms. The Bertz CT molecular complexity index is 827. The van der Waals surface area contributed by atoms with Crippen LogP contribution < -0.4 is 10.2 Å². The van der Waals surface area contributed by atoms with Gasteiger partial charge in [0.05, 0.1) is 17.4 Å². The summed E-state index contributed by atoms with van der Waals surface area (Å²) >= 11 is 0. The second kappa shape index (κ2) is 6.99. The highest BCUT2D eigenvalue weighted by Gasteiger charge is 2.20. The number of furan rings is 1. The molecule has 25 heavy (non-hydrogen) atoms. The van der Waals surface area contributed by atoms with Gasteiger partial charge in [0.2, 0.25) is 0 Å². The molecule has 2 N–H and O–H groups in total. The van der Waals surface area contributed by atoms with Crippen LogP contribution in [0.5, 0.6) is 0 Å². The standard InChI is InChI=1S/C19H21N3O3/c1-12-9-13(2)25-18(12)19(24)21-15-3-4-17(14(10-15)11-20)22-7-5-16(23)6-8-22/h3-4,9-10,16,23H,5-8H2,1-2H3,(H,21,24). The Kier molecular flexibility index (Phi) is 4.77. The smallest absolute Gasteiger partial charge is 0.291 e. The van der Waals surface area contributed by atoms with Crippen molar-refractivity contribution in [2.45, 2.75) is 32.8 Å². The summed E-state index contributed by atoms with van der Waals surface area (Å²) in [5.41, 5.74) is 2.66. The van der Waals surface area contributed by atoms with Gasteiger partial charge in [-0.15, -0.1) is 0 Å². The molecular weight excluding hydrogens is 318 g/mol. The number of hydrogen-bond donors (Lipinski definition) is 2. The monoisotopic (exact) mass is 339 g/mol. The summed E-state index contributed by atoms with van der Waals surface area (Å²) in [6, 6.07) is 9.29. The zero-order chi connectivity index (χ0) is 18.0. The minimum atomic E-state index is -0.330. The van der Waals surface area contributed by atoms with E-state index in [1.54, 1.807) is 19.1 Å². The lowest BCUT2D eigenvalue weighted by atomic mass is 10.0. The quantitative estimate of drug-likeness (QED) is 0.897. The molecular formula is C19H21N3O3. The number of hydrogen-bond acceptors (Lipinski definition) is 5. The van der Waals surface area contributed by atoms with E-state index >= 15 is 0 Å². The molecule has 1 saturated heterocycles. The fraction of sp³-hybridized carbons (Fsp3) is 0.368. The molecule has 1 amide bonds. The van der Waals surface area contributed by atoms with Gasteiger partial charge in [0.15, 0.2) is 5.76 Å². The van der Waals surface area contributed by atoms with Gasteiger partial charge in [0.1, 0.15) is 11.8 Å². The SMILES string of the molecule is Cc1cc(C)c(C(=O)Nc2ccc(N3CCC(O)CC3)c(C#N)c2)o1. The number of aliphatic hydroxyl groups excluding tert-OH is 1. The van der Waals surface area contributed by atoms with Crippen molar-refractivity contribution in [3.05, 3.63) is 46.9 Å². The first kappa shape index (κ1) is 17.1. The Hall–Kier alpha value is -2.78. The van der Waals surface area contributed by atoms with E-state index in [1.807, 2.05) is 19.1 Å². The highest BCUT2D eigenvalue weighted by Crippen LogP contribution is 2.27. The van der Waals surface area contributed by atoms with Gasteiger partial charge in [0, 0.05) is 24.3 Å². The minimum absolute atomic E-state index is 0.264. The summed E-state index contributed by atoms with van der Waals surface area (Å²) in [6.45, 7) is 5.04. The number of nitriles is 1. The molecule has 130 valence electrons. The van der Waals surface area contributed by atoms with Crippen LogP contribution in [0, 0.1) is 25.2 Å². The molecule has 6 nitrogen and oxygen atoms in total. The number of carbonyl (C=O) groups is 1. The molecule has 3 rings (SSSR count). The number of aryl methyl sites for hydroxylation is 2. The van der Waals surface area contributed by atoms with E-state index in [9.17, 15) is 15.2 Å². The summed E-state index contributed by atoms with van der Waals surface area (Å²) in [5, 5.41) is 21.9. The van der Waals surface area contributed by atoms with Crippen LogP contribution in [-0.4, -0.2) is 30.2 Å². The molecule has 2 aromatic rings. The first-order chi connectivity index (χ1) is 12.0. The summed E-state index contributed by atoms with van der Waals surface area (Å²) < 4.78 is 5.42. The van der Waals surface area contributed by atoms with E-state index in [0.29, 0.717) is 42.9 Å². The molecule has 1 aliphatic heterocycles. The van der Waals surface area contributed by atoms with Crippen LogP contribution in [-0.2, 0) is 0 Å². The molecule has 0 saturated carbocycles. The van der Waals surface area contributed by atoms with Gasteiger partial charge in [-0.3, -0.25) is 4.79 Å². The fourth-order valence-electron chi connectivity index (χ4n) is 3.14. The Morgan fingerprint density at radius 3 is 2.64 bits per heavy atom. The van der Waals surface area contributed by atoms with Crippen molar-refractivity contribution >= 4 is 17.3 Å². The Balaban J connectivity index is 1.79. The number of rotatable bonds is 3. The van der Waals surface area contributed by atoms with Crippen molar-refractivity contribution < 1.29 is 14.3 Å². The number of carbonyl (C=O) groups excluding carboxylic acids is 1. The third kappa shape index (κ3) is 3.67. The Labute approximate surface area is 146 Å². The van der Waals surface area contributed by atoms with Gasteiger partial charge >= 0.3 is 0 Å². The summed E-state index contributed by atoms with van der Waals surface area (Å²) in [6.07, 6.45) is 1.13. The van der Waals surface area contributed by atoms with Gasteiger partial charge in [0.25, 0.3) is 5.91 Å². The van der Waals surface area contributed by atoms with Crippen molar-refractivity contribution in [2.75, 3.05) is 23.3 Å². The highest BCUT2D eigenvalue weighted by molar-refractivity contribution is 6.03. The summed E-state index contributed by atoms with van der Waals surface area (Å²) in [5.74, 6) is 0.636. The average Bonchev–Trinajstić information content (AvgIpc) is 2.94. The van der Waals surface area contributed by atoms with Crippen molar-refractivity contribution in [3.8, 4) is 6.07 Å². The highest BCUT2D eigenvalue weighted by atomic mass is 16.3. The molecule has 0 unspecified atom stereocenters. The molecule has 1 aromatic heterocycles. The number of amides is 1. The van der Waals surface area contributed by atoms with E-state index in [1.165, 1.54) is 0 Å². The molecule has 1 aromatic carbocycles. The molecule has 0 radical (unpaired) electrons. The fourth-order valence-corrected chi connectivity index (χ4v) is 3.14. The van der Waals surface area contributed by atoms with E-state index in [0.717, 1.165) is 11.3 Å². The van der Waals surface area contributed by atoms with Crippen LogP contribution >= 0.6 is 0 Å². The molecule has 2 heterocycles. The Morgan fingerprint density at radius 1 is 1.32 bits per heavy atom. The van der Waals surface area contributed by atoms with Gasteiger partial charge in [-0.05, 0) is 51.0 Å². The number of nitrogens with one attached hydrogen (secondary N) is 1. The lowest BCUT2D eigenvalue weighted by molar-refractivity contribution is 0.0994. The molecule has 6 heteroatoms. The van der Waals surface area contributed by atoms with E-state index in [-0.39, 0.29) is 17.8 Å². The second-order valence-corrected chi connectivity index (χ2v) is 6.39. The Morgan fingerprint density at radius 2 is 2.04 bits per heavy atom. The summed E-state index contributed by atoms with van der Waals surface area (Å²) in [4.78, 5) is 14.4. The van der Waals surface area contributed by atoms with Crippen molar-refractivity contribution in [3.63, 3.8) is 0 Å². The third-order valence-corrected chi connectivity index (χ3v) is 4.43. The third-order valence-electron chi connectivity index (χ3n) is 4.43. The lowest BCUT2D eigenvalue weighted by Gasteiger charge is -2.32. The topological polar surface area (TPSA) is 89.5 Å². The average molecular weight is 339 g/mol. The first-order valence-electron chi connectivity index (χ1n) is 8.33. The van der Waals surface area contributed by atoms with Crippen molar-refractivity contribution in [1.82, 2.24) is 0 Å². The maximum atomic E-state index is 12.3. The molecule has 0 aliphatic carbocycles. The minimum Gasteiger partial charge on any atom is -0.456 e. The van der Waals surface area contributed by atoms with Crippen molar-refractivity contribution in [1.29, 1.82) is 5.26 Å². The van der Waals surface area contributed by atoms with Crippen LogP contribution in [0.3, 0.4) is 0 Å². The van der Waals surface area contributed by atoms with Gasteiger partial charge in [-0.1, -0.05) is 0 Å². The predicted octanol–water partition coefficient (Wildman–Crippen LogP) is 2.98. The van der Waals surface area contributed by atoms with Gasteiger partial charge < -0.3 is 19.7 Å². The van der Waals surface area contributed by atoms with Crippen LogP contribution in [0.4, 0.5) is 11.4 Å². The number of benzene rings is 1. The molecule has 1 fully saturated rings. The molecule has 1 aliphatic rings. The van der Waals surface area contributed by atoms with Crippen LogP contribution in [0.25, 0.3) is 0 Å². The maximum Gasteiger partial charge on any atom is 0.291 e. The number of anilines is 2. The van der Waals surface area contributed by atoms with Crippen LogP contribution in [0.2, 0.25) is 0 Å². The number of aliphatic hydroxyl groups is 1. The van der Waals surface area contributed by atoms with Crippen molar-refractivity contribution in [2.24, 2.45) is 0 Å². The zero-order valence-corrected chi connectivity index (χ0v) is 14.4. The number of nitrogens with zero attached hydrogens (tertiary/aromatic N) is 2. The second-order valence-electron chi connectivity index (χ2n) is 6.39. The van der Waals surface area contributed by atoms with E-state index < -0.39 is 0 Å². The van der Waals surface area contributed by atoms with Crippen LogP contribution in [0.15, 0.2) is 28.7 Å². The molecule has 0 spiro atoms. The maximum absolute atomic E-state index is 12.3. The van der Waals surface area contributed by atoms with Gasteiger partial charge in [-0.25, -0.2) is 0 Å². The lowest BCUT2D eigenvalue weighted by Crippen LogP contribution is -2.36. The van der Waals surface area contributed by atoms with Crippen LogP contribution in [0.1, 0.15) is 40.3 Å². The number of piperidine rings is 1. The van der Waals surface area contributed by atoms with Gasteiger partial charge in [-0.2, -0.15) is 5.26 Å². The zero-order valence-electron chi connectivity index (χ0n) is 14.4. The van der Waals surface area contributed by atoms with E-state index in [4.69, 9.17) is 4.42 Å². The van der Waals surface area contributed by atoms with E-state index in [2.05, 4.69) is 16.3 Å². The normalized spacial score (nSPS) is 15.0.